The zero-order valence-electron chi connectivity index (χ0n) is 13.4. The largest absolute Gasteiger partial charge is 0.470 e. The molecule has 2 aromatic rings. The van der Waals surface area contributed by atoms with Gasteiger partial charge in [0.2, 0.25) is 11.8 Å². The minimum Gasteiger partial charge on any atom is -0.470 e. The van der Waals surface area contributed by atoms with Crippen LogP contribution < -0.4 is 20.1 Å². The third kappa shape index (κ3) is 4.73. The highest BCUT2D eigenvalue weighted by Gasteiger charge is 2.27. The maximum absolute atomic E-state index is 12.1. The van der Waals surface area contributed by atoms with Crippen LogP contribution >= 0.6 is 0 Å². The fraction of sp³-hybridized carbons (Fsp3) is 0.500. The molecule has 0 saturated carbocycles. The number of halogens is 2. The van der Waals surface area contributed by atoms with Gasteiger partial charge in [0.25, 0.3) is 0 Å². The topological polar surface area (TPSA) is 106 Å². The van der Waals surface area contributed by atoms with Crippen LogP contribution in [0.15, 0.2) is 18.5 Å². The Morgan fingerprint density at radius 1 is 1.28 bits per heavy atom. The van der Waals surface area contributed by atoms with Crippen LogP contribution in [0.4, 0.5) is 20.4 Å². The van der Waals surface area contributed by atoms with Crippen LogP contribution in [0.2, 0.25) is 0 Å². The van der Waals surface area contributed by atoms with Crippen LogP contribution in [0.25, 0.3) is 0 Å². The summed E-state index contributed by atoms with van der Waals surface area (Å²) in [6, 6.07) is 1.29. The summed E-state index contributed by atoms with van der Waals surface area (Å²) in [7, 11) is 1.63. The maximum atomic E-state index is 12.1. The van der Waals surface area contributed by atoms with E-state index in [9.17, 15) is 8.78 Å². The van der Waals surface area contributed by atoms with Gasteiger partial charge >= 0.3 is 6.61 Å². The van der Waals surface area contributed by atoms with Gasteiger partial charge in [0.15, 0.2) is 5.82 Å². The van der Waals surface area contributed by atoms with Crippen molar-refractivity contribution >= 4 is 11.6 Å². The van der Waals surface area contributed by atoms with Gasteiger partial charge in [-0.1, -0.05) is 0 Å². The van der Waals surface area contributed by atoms with E-state index in [0.717, 1.165) is 13.0 Å². The normalized spacial score (nSPS) is 20.5. The number of alkyl halides is 2. The Kier molecular flexibility index (Phi) is 5.56. The lowest BCUT2D eigenvalue weighted by Gasteiger charge is -2.30. The Morgan fingerprint density at radius 2 is 2.16 bits per heavy atom. The fourth-order valence-electron chi connectivity index (χ4n) is 2.45. The molecule has 11 heteroatoms. The molecule has 1 aliphatic heterocycles. The van der Waals surface area contributed by atoms with Crippen LogP contribution in [0.5, 0.6) is 11.8 Å². The molecule has 136 valence electrons. The van der Waals surface area contributed by atoms with Crippen molar-refractivity contribution in [2.45, 2.75) is 25.2 Å². The van der Waals surface area contributed by atoms with Gasteiger partial charge in [0, 0.05) is 19.7 Å². The molecule has 0 amide bonds. The van der Waals surface area contributed by atoms with Crippen molar-refractivity contribution in [2.75, 3.05) is 25.5 Å². The van der Waals surface area contributed by atoms with Crippen LogP contribution in [0.3, 0.4) is 0 Å². The van der Waals surface area contributed by atoms with E-state index < -0.39 is 6.61 Å². The molecule has 2 atom stereocenters. The van der Waals surface area contributed by atoms with E-state index in [4.69, 9.17) is 9.47 Å². The summed E-state index contributed by atoms with van der Waals surface area (Å²) < 4.78 is 39.7. The summed E-state index contributed by atoms with van der Waals surface area (Å²) in [5.74, 6) is 0.810. The average Bonchev–Trinajstić information content (AvgIpc) is 3.02. The third-order valence-corrected chi connectivity index (χ3v) is 3.58. The minimum atomic E-state index is -2.94. The Morgan fingerprint density at radius 3 is 2.96 bits per heavy atom. The number of ether oxygens (including phenoxy) is 3. The molecule has 3 rings (SSSR count). The highest BCUT2D eigenvalue weighted by Crippen LogP contribution is 2.21. The summed E-state index contributed by atoms with van der Waals surface area (Å²) in [6.07, 6.45) is 3.55. The predicted molar refractivity (Wildman–Crippen MR) is 83.2 cm³/mol. The number of H-pyrrole nitrogens is 1. The summed E-state index contributed by atoms with van der Waals surface area (Å²) in [5, 5.41) is 12.2. The number of hydrogen-bond donors (Lipinski definition) is 3. The van der Waals surface area contributed by atoms with E-state index >= 15 is 0 Å². The van der Waals surface area contributed by atoms with Crippen LogP contribution in [-0.4, -0.2) is 59.2 Å². The summed E-state index contributed by atoms with van der Waals surface area (Å²) in [5.41, 5.74) is 0. The summed E-state index contributed by atoms with van der Waals surface area (Å²) in [4.78, 5) is 8.35. The second-order valence-electron chi connectivity index (χ2n) is 5.29. The molecular formula is C14H18F2N6O3. The number of aromatic nitrogens is 4. The molecule has 1 fully saturated rings. The summed E-state index contributed by atoms with van der Waals surface area (Å²) in [6.45, 7) is -1.41. The highest BCUT2D eigenvalue weighted by atomic mass is 19.3. The van der Waals surface area contributed by atoms with Crippen molar-refractivity contribution < 1.29 is 23.0 Å². The first-order valence-corrected chi connectivity index (χ1v) is 7.63. The number of nitrogens with one attached hydrogen (secondary N) is 3. The number of anilines is 2. The molecular weight excluding hydrogens is 338 g/mol. The number of hydrogen-bond acceptors (Lipinski definition) is 8. The molecule has 9 nitrogen and oxygen atoms in total. The molecule has 0 radical (unpaired) electrons. The van der Waals surface area contributed by atoms with Gasteiger partial charge in [0.1, 0.15) is 18.0 Å². The highest BCUT2D eigenvalue weighted by molar-refractivity contribution is 5.51. The van der Waals surface area contributed by atoms with E-state index in [1.807, 2.05) is 0 Å². The fourth-order valence-corrected chi connectivity index (χ4v) is 2.45. The number of piperidine rings is 1. The van der Waals surface area contributed by atoms with Gasteiger partial charge in [-0.05, 0) is 13.0 Å². The molecule has 2 aromatic heterocycles. The zero-order valence-corrected chi connectivity index (χ0v) is 13.4. The van der Waals surface area contributed by atoms with Gasteiger partial charge in [-0.25, -0.2) is 0 Å². The first-order chi connectivity index (χ1) is 12.1. The number of aromatic amines is 1. The van der Waals surface area contributed by atoms with Crippen LogP contribution in [0, 0.1) is 0 Å². The van der Waals surface area contributed by atoms with Crippen LogP contribution in [-0.2, 0) is 4.74 Å². The molecule has 0 aromatic carbocycles. The van der Waals surface area contributed by atoms with Crippen molar-refractivity contribution in [2.24, 2.45) is 0 Å². The monoisotopic (exact) mass is 356 g/mol. The van der Waals surface area contributed by atoms with Crippen molar-refractivity contribution in [3.05, 3.63) is 18.5 Å². The van der Waals surface area contributed by atoms with Gasteiger partial charge in [0.05, 0.1) is 12.4 Å². The molecule has 3 N–H and O–H groups in total. The molecule has 1 saturated heterocycles. The minimum absolute atomic E-state index is 0.0752. The first kappa shape index (κ1) is 17.3. The Labute approximate surface area is 142 Å². The standard InChI is InChI=1S/C14H18F2N6O3/c1-23-9-5-17-3-2-8(9)24-13-7-18-6-11(20-13)19-10-4-12(22-21-10)25-14(15)16/h4,6-9,14,17H,2-3,5H2,1H3,(H2,19,20,21,22)/t8-,9-/m1/s1. The molecule has 3 heterocycles. The Bertz CT molecular complexity index is 686. The summed E-state index contributed by atoms with van der Waals surface area (Å²) >= 11 is 0. The number of methoxy groups -OCH3 is 1. The SMILES string of the molecule is CO[C@@H]1CNCC[C@H]1Oc1cncc(Nc2cc(OC(F)F)n[nH]2)n1. The van der Waals surface area contributed by atoms with Gasteiger partial charge in [-0.15, -0.1) is 5.10 Å². The third-order valence-electron chi connectivity index (χ3n) is 3.58. The predicted octanol–water partition coefficient (Wildman–Crippen LogP) is 1.30. The van der Waals surface area contributed by atoms with Crippen molar-refractivity contribution in [3.63, 3.8) is 0 Å². The Hall–Kier alpha value is -2.53. The molecule has 25 heavy (non-hydrogen) atoms. The van der Waals surface area contributed by atoms with Crippen molar-refractivity contribution in [1.29, 1.82) is 0 Å². The van der Waals surface area contributed by atoms with E-state index in [-0.39, 0.29) is 18.1 Å². The van der Waals surface area contributed by atoms with Crippen molar-refractivity contribution in [3.8, 4) is 11.8 Å². The van der Waals surface area contributed by atoms with E-state index in [1.165, 1.54) is 18.5 Å². The lowest BCUT2D eigenvalue weighted by Crippen LogP contribution is -2.47. The molecule has 0 unspecified atom stereocenters. The van der Waals surface area contributed by atoms with Gasteiger partial charge in [-0.2, -0.15) is 13.8 Å². The van der Waals surface area contributed by atoms with Gasteiger partial charge in [-0.3, -0.25) is 10.1 Å². The van der Waals surface area contributed by atoms with Gasteiger partial charge < -0.3 is 24.8 Å². The first-order valence-electron chi connectivity index (χ1n) is 7.63. The number of nitrogens with zero attached hydrogens (tertiary/aromatic N) is 3. The Balaban J connectivity index is 1.64. The lowest BCUT2D eigenvalue weighted by atomic mass is 10.1. The van der Waals surface area contributed by atoms with Crippen molar-refractivity contribution in [1.82, 2.24) is 25.5 Å². The molecule has 0 bridgehead atoms. The quantitative estimate of drug-likeness (QED) is 0.682. The van der Waals surface area contributed by atoms with E-state index in [2.05, 4.69) is 35.5 Å². The zero-order chi connectivity index (χ0) is 17.6. The second kappa shape index (κ2) is 8.03. The van der Waals surface area contributed by atoms with E-state index in [1.54, 1.807) is 7.11 Å². The van der Waals surface area contributed by atoms with E-state index in [0.29, 0.717) is 24.1 Å². The molecule has 1 aliphatic rings. The average molecular weight is 356 g/mol. The molecule has 0 aliphatic carbocycles. The number of rotatable bonds is 7. The van der Waals surface area contributed by atoms with Crippen LogP contribution in [0.1, 0.15) is 6.42 Å². The maximum Gasteiger partial charge on any atom is 0.388 e. The second-order valence-corrected chi connectivity index (χ2v) is 5.29. The molecule has 0 spiro atoms. The smallest absolute Gasteiger partial charge is 0.388 e. The lowest BCUT2D eigenvalue weighted by molar-refractivity contribution is -0.0528.